The lowest BCUT2D eigenvalue weighted by atomic mass is 10.1. The van der Waals surface area contributed by atoms with Crippen LogP contribution in [0.25, 0.3) is 0 Å². The number of unbranched alkanes of at least 4 members (excludes halogenated alkanes) is 2. The molecule has 0 aliphatic carbocycles. The molecule has 0 aromatic heterocycles. The van der Waals surface area contributed by atoms with Gasteiger partial charge in [0.1, 0.15) is 13.2 Å². The van der Waals surface area contributed by atoms with Crippen LogP contribution in [0.1, 0.15) is 32.6 Å². The summed E-state index contributed by atoms with van der Waals surface area (Å²) in [5, 5.41) is 0. The van der Waals surface area contributed by atoms with E-state index in [-0.39, 0.29) is 31.1 Å². The van der Waals surface area contributed by atoms with Gasteiger partial charge in [-0.3, -0.25) is 4.79 Å². The van der Waals surface area contributed by atoms with Crippen LogP contribution in [-0.2, 0) is 19.1 Å². The molecule has 1 fully saturated rings. The molecule has 0 saturated carbocycles. The molecule has 0 radical (unpaired) electrons. The molecule has 0 spiro atoms. The molecule has 1 aliphatic rings. The highest BCUT2D eigenvalue weighted by atomic mass is 16.6. The second-order valence-corrected chi connectivity index (χ2v) is 3.96. The summed E-state index contributed by atoms with van der Waals surface area (Å²) in [4.78, 5) is 22.3. The minimum atomic E-state index is -0.382. The fraction of sp³-hybridized carbons (Fsp3) is 0.667. The van der Waals surface area contributed by atoms with E-state index < -0.39 is 0 Å². The molecule has 1 rings (SSSR count). The van der Waals surface area contributed by atoms with Crippen molar-refractivity contribution in [2.75, 3.05) is 13.2 Å². The lowest BCUT2D eigenvalue weighted by Crippen LogP contribution is -2.15. The van der Waals surface area contributed by atoms with Crippen LogP contribution in [0.2, 0.25) is 0 Å². The zero-order valence-corrected chi connectivity index (χ0v) is 9.66. The molecule has 4 heteroatoms. The first-order valence-corrected chi connectivity index (χ1v) is 5.66. The number of cyclic esters (lactones) is 1. The lowest BCUT2D eigenvalue weighted by molar-refractivity contribution is -0.144. The van der Waals surface area contributed by atoms with E-state index in [1.165, 1.54) is 0 Å². The van der Waals surface area contributed by atoms with Gasteiger partial charge >= 0.3 is 11.9 Å². The van der Waals surface area contributed by atoms with Gasteiger partial charge in [-0.1, -0.05) is 26.3 Å². The fourth-order valence-corrected chi connectivity index (χ4v) is 1.47. The molecule has 0 unspecified atom stereocenters. The SMILES string of the molecule is C=C1C(=O)OC[C@@H]1COC(=O)CCCCC. The number of rotatable bonds is 6. The van der Waals surface area contributed by atoms with E-state index in [2.05, 4.69) is 13.5 Å². The predicted octanol–water partition coefficient (Wildman–Crippen LogP) is 1.84. The van der Waals surface area contributed by atoms with Gasteiger partial charge in [0.2, 0.25) is 0 Å². The number of hydrogen-bond donors (Lipinski definition) is 0. The van der Waals surface area contributed by atoms with Crippen molar-refractivity contribution in [3.8, 4) is 0 Å². The Hall–Kier alpha value is -1.32. The topological polar surface area (TPSA) is 52.6 Å². The Balaban J connectivity index is 2.17. The van der Waals surface area contributed by atoms with Crippen molar-refractivity contribution in [2.24, 2.45) is 5.92 Å². The van der Waals surface area contributed by atoms with Crippen LogP contribution in [0.15, 0.2) is 12.2 Å². The van der Waals surface area contributed by atoms with Gasteiger partial charge in [-0.05, 0) is 6.42 Å². The molecule has 4 nitrogen and oxygen atoms in total. The highest BCUT2D eigenvalue weighted by Gasteiger charge is 2.29. The van der Waals surface area contributed by atoms with Gasteiger partial charge in [-0.15, -0.1) is 0 Å². The molecule has 1 saturated heterocycles. The van der Waals surface area contributed by atoms with E-state index in [1.54, 1.807) is 0 Å². The van der Waals surface area contributed by atoms with Crippen LogP contribution < -0.4 is 0 Å². The first kappa shape index (κ1) is 12.7. The number of esters is 2. The second kappa shape index (κ2) is 6.30. The maximum Gasteiger partial charge on any atom is 0.333 e. The number of carbonyl (C=O) groups excluding carboxylic acids is 2. The third kappa shape index (κ3) is 3.68. The van der Waals surface area contributed by atoms with Crippen LogP contribution in [0.4, 0.5) is 0 Å². The smallest absolute Gasteiger partial charge is 0.333 e. The molecule has 0 aromatic carbocycles. The first-order valence-electron chi connectivity index (χ1n) is 5.66. The average Bonchev–Trinajstić information content (AvgIpc) is 2.58. The van der Waals surface area contributed by atoms with Crippen molar-refractivity contribution < 1.29 is 19.1 Å². The zero-order chi connectivity index (χ0) is 12.0. The highest BCUT2D eigenvalue weighted by molar-refractivity contribution is 5.90. The third-order valence-electron chi connectivity index (χ3n) is 2.60. The molecular formula is C12H18O4. The van der Waals surface area contributed by atoms with Crippen molar-refractivity contribution in [1.29, 1.82) is 0 Å². The van der Waals surface area contributed by atoms with Crippen molar-refractivity contribution >= 4 is 11.9 Å². The van der Waals surface area contributed by atoms with E-state index in [4.69, 9.17) is 9.47 Å². The summed E-state index contributed by atoms with van der Waals surface area (Å²) in [6, 6.07) is 0. The van der Waals surface area contributed by atoms with Crippen LogP contribution >= 0.6 is 0 Å². The van der Waals surface area contributed by atoms with Crippen LogP contribution in [0.3, 0.4) is 0 Å². The fourth-order valence-electron chi connectivity index (χ4n) is 1.47. The lowest BCUT2D eigenvalue weighted by Gasteiger charge is -2.08. The Bertz CT molecular complexity index is 283. The molecule has 0 aromatic rings. The molecule has 90 valence electrons. The van der Waals surface area contributed by atoms with Crippen LogP contribution in [0.5, 0.6) is 0 Å². The van der Waals surface area contributed by atoms with E-state index in [0.29, 0.717) is 12.0 Å². The quantitative estimate of drug-likeness (QED) is 0.394. The Morgan fingerprint density at radius 2 is 2.31 bits per heavy atom. The van der Waals surface area contributed by atoms with Gasteiger partial charge in [0.25, 0.3) is 0 Å². The van der Waals surface area contributed by atoms with Gasteiger partial charge in [0.15, 0.2) is 0 Å². The summed E-state index contributed by atoms with van der Waals surface area (Å²) in [6.45, 7) is 6.17. The van der Waals surface area contributed by atoms with E-state index in [0.717, 1.165) is 19.3 Å². The van der Waals surface area contributed by atoms with E-state index >= 15 is 0 Å². The number of hydrogen-bond acceptors (Lipinski definition) is 4. The summed E-state index contributed by atoms with van der Waals surface area (Å²) < 4.78 is 9.84. The molecule has 1 aliphatic heterocycles. The predicted molar refractivity (Wildman–Crippen MR) is 58.7 cm³/mol. The monoisotopic (exact) mass is 226 g/mol. The number of carbonyl (C=O) groups is 2. The Kier molecular flexibility index (Phi) is 5.02. The minimum Gasteiger partial charge on any atom is -0.465 e. The number of ether oxygens (including phenoxy) is 2. The normalized spacial score (nSPS) is 19.7. The molecule has 0 bridgehead atoms. The second-order valence-electron chi connectivity index (χ2n) is 3.96. The highest BCUT2D eigenvalue weighted by Crippen LogP contribution is 2.19. The third-order valence-corrected chi connectivity index (χ3v) is 2.60. The van der Waals surface area contributed by atoms with Gasteiger partial charge in [-0.25, -0.2) is 4.79 Å². The zero-order valence-electron chi connectivity index (χ0n) is 9.66. The molecule has 0 N–H and O–H groups in total. The van der Waals surface area contributed by atoms with Crippen molar-refractivity contribution in [2.45, 2.75) is 32.6 Å². The van der Waals surface area contributed by atoms with Crippen molar-refractivity contribution in [3.63, 3.8) is 0 Å². The Labute approximate surface area is 95.6 Å². The van der Waals surface area contributed by atoms with Crippen molar-refractivity contribution in [3.05, 3.63) is 12.2 Å². The maximum atomic E-state index is 11.3. The largest absolute Gasteiger partial charge is 0.465 e. The minimum absolute atomic E-state index is 0.164. The summed E-state index contributed by atoms with van der Waals surface area (Å²) in [7, 11) is 0. The Morgan fingerprint density at radius 1 is 1.56 bits per heavy atom. The summed E-state index contributed by atoms with van der Waals surface area (Å²) in [5.41, 5.74) is 0.404. The summed E-state index contributed by atoms with van der Waals surface area (Å²) in [5.74, 6) is -0.754. The van der Waals surface area contributed by atoms with E-state index in [1.807, 2.05) is 0 Å². The first-order chi connectivity index (χ1) is 7.65. The molecular weight excluding hydrogens is 208 g/mol. The van der Waals surface area contributed by atoms with Gasteiger partial charge < -0.3 is 9.47 Å². The van der Waals surface area contributed by atoms with Crippen LogP contribution in [-0.4, -0.2) is 25.2 Å². The standard InChI is InChI=1S/C12H18O4/c1-3-4-5-6-11(13)15-7-10-8-16-12(14)9(10)2/h10H,2-8H2,1H3/t10-/m0/s1. The maximum absolute atomic E-state index is 11.3. The molecule has 1 heterocycles. The molecule has 1 atom stereocenters. The van der Waals surface area contributed by atoms with Gasteiger partial charge in [-0.2, -0.15) is 0 Å². The molecule has 0 amide bonds. The Morgan fingerprint density at radius 3 is 2.88 bits per heavy atom. The van der Waals surface area contributed by atoms with Gasteiger partial charge in [0, 0.05) is 12.0 Å². The molecule has 16 heavy (non-hydrogen) atoms. The summed E-state index contributed by atoms with van der Waals surface area (Å²) in [6.07, 6.45) is 3.42. The van der Waals surface area contributed by atoms with Crippen molar-refractivity contribution in [1.82, 2.24) is 0 Å². The van der Waals surface area contributed by atoms with E-state index in [9.17, 15) is 9.59 Å². The summed E-state index contributed by atoms with van der Waals surface area (Å²) >= 11 is 0. The van der Waals surface area contributed by atoms with Gasteiger partial charge in [0.05, 0.1) is 5.92 Å². The average molecular weight is 226 g/mol. The van der Waals surface area contributed by atoms with Crippen LogP contribution in [0, 0.1) is 5.92 Å².